The minimum atomic E-state index is -0.418. The molecule has 3 heterocycles. The molecular weight excluding hydrogens is 398 g/mol. The fraction of sp³-hybridized carbons (Fsp3) is 0.455. The minimum absolute atomic E-state index is 0.115. The Balaban J connectivity index is 1.34. The van der Waals surface area contributed by atoms with Crippen molar-refractivity contribution in [3.63, 3.8) is 0 Å². The van der Waals surface area contributed by atoms with Gasteiger partial charge in [0.15, 0.2) is 0 Å². The van der Waals surface area contributed by atoms with Gasteiger partial charge in [0.25, 0.3) is 5.91 Å². The van der Waals surface area contributed by atoms with E-state index in [0.717, 1.165) is 23.1 Å². The van der Waals surface area contributed by atoms with Crippen molar-refractivity contribution in [3.8, 4) is 6.07 Å². The normalized spacial score (nSPS) is 21.8. The molecule has 1 aromatic heterocycles. The van der Waals surface area contributed by atoms with Gasteiger partial charge in [-0.25, -0.2) is 0 Å². The zero-order valence-corrected chi connectivity index (χ0v) is 17.5. The number of aromatic nitrogens is 1. The lowest BCUT2D eigenvalue weighted by molar-refractivity contribution is -0.129. The van der Waals surface area contributed by atoms with Gasteiger partial charge in [-0.1, -0.05) is 0 Å². The van der Waals surface area contributed by atoms with Crippen LogP contribution in [-0.4, -0.2) is 58.0 Å². The van der Waals surface area contributed by atoms with Gasteiger partial charge >= 0.3 is 0 Å². The van der Waals surface area contributed by atoms with Crippen LogP contribution in [0.2, 0.25) is 0 Å². The number of nitrogens with zero attached hydrogens (tertiary/aromatic N) is 4. The number of anilines is 1. The van der Waals surface area contributed by atoms with Crippen LogP contribution in [0.25, 0.3) is 10.9 Å². The molecule has 1 aromatic carbocycles. The molecule has 30 heavy (non-hydrogen) atoms. The summed E-state index contributed by atoms with van der Waals surface area (Å²) in [6, 6.07) is 9.54. The molecule has 154 valence electrons. The number of carbonyl (C=O) groups excluding carboxylic acids is 2. The maximum absolute atomic E-state index is 12.9. The number of nitriles is 1. The summed E-state index contributed by atoms with van der Waals surface area (Å²) in [4.78, 5) is 33.7. The molecule has 7 nitrogen and oxygen atoms in total. The second kappa shape index (κ2) is 7.47. The van der Waals surface area contributed by atoms with E-state index in [1.165, 1.54) is 30.6 Å². The number of rotatable bonds is 4. The summed E-state index contributed by atoms with van der Waals surface area (Å²) in [6.07, 6.45) is 6.64. The van der Waals surface area contributed by atoms with Gasteiger partial charge in [-0.15, -0.1) is 11.8 Å². The van der Waals surface area contributed by atoms with E-state index in [4.69, 9.17) is 5.26 Å². The molecule has 5 rings (SSSR count). The zero-order valence-electron chi connectivity index (χ0n) is 16.6. The van der Waals surface area contributed by atoms with Crippen molar-refractivity contribution in [1.29, 1.82) is 5.26 Å². The summed E-state index contributed by atoms with van der Waals surface area (Å²) < 4.78 is 0. The first kappa shape index (κ1) is 19.2. The van der Waals surface area contributed by atoms with E-state index < -0.39 is 6.04 Å². The van der Waals surface area contributed by atoms with Crippen LogP contribution in [0.5, 0.6) is 0 Å². The van der Waals surface area contributed by atoms with E-state index in [9.17, 15) is 9.59 Å². The van der Waals surface area contributed by atoms with Crippen molar-refractivity contribution in [2.24, 2.45) is 0 Å². The molecule has 3 aliphatic rings. The van der Waals surface area contributed by atoms with E-state index in [2.05, 4.69) is 33.4 Å². The number of hydrogen-bond acceptors (Lipinski definition) is 6. The van der Waals surface area contributed by atoms with Crippen LogP contribution >= 0.6 is 11.8 Å². The molecule has 2 aliphatic heterocycles. The van der Waals surface area contributed by atoms with Crippen LogP contribution in [0.3, 0.4) is 0 Å². The van der Waals surface area contributed by atoms with Gasteiger partial charge < -0.3 is 15.1 Å². The first-order valence-electron chi connectivity index (χ1n) is 10.3. The highest BCUT2D eigenvalue weighted by molar-refractivity contribution is 7.99. The van der Waals surface area contributed by atoms with Crippen molar-refractivity contribution < 1.29 is 9.59 Å². The second-order valence-electron chi connectivity index (χ2n) is 8.23. The average Bonchev–Trinajstić information content (AvgIpc) is 3.18. The predicted molar refractivity (Wildman–Crippen MR) is 116 cm³/mol. The summed E-state index contributed by atoms with van der Waals surface area (Å²) in [5.41, 5.74) is 2.75. The van der Waals surface area contributed by atoms with Gasteiger partial charge in [0.05, 0.1) is 29.6 Å². The van der Waals surface area contributed by atoms with E-state index in [-0.39, 0.29) is 18.4 Å². The van der Waals surface area contributed by atoms with Gasteiger partial charge in [0, 0.05) is 35.1 Å². The molecule has 1 spiro atoms. The van der Waals surface area contributed by atoms with Crippen molar-refractivity contribution >= 4 is 40.2 Å². The third kappa shape index (κ3) is 3.08. The highest BCUT2D eigenvalue weighted by Gasteiger charge is 2.49. The van der Waals surface area contributed by atoms with Crippen LogP contribution < -0.4 is 10.2 Å². The van der Waals surface area contributed by atoms with E-state index in [1.54, 1.807) is 24.0 Å². The lowest BCUT2D eigenvalue weighted by Gasteiger charge is -2.60. The fourth-order valence-corrected chi connectivity index (χ4v) is 5.80. The first-order chi connectivity index (χ1) is 14.6. The Kier molecular flexibility index (Phi) is 4.78. The number of carbonyl (C=O) groups is 2. The molecule has 1 saturated carbocycles. The molecule has 2 saturated heterocycles. The van der Waals surface area contributed by atoms with Crippen LogP contribution in [-0.2, 0) is 4.79 Å². The molecule has 1 aliphatic carbocycles. The van der Waals surface area contributed by atoms with Crippen molar-refractivity contribution in [1.82, 2.24) is 15.2 Å². The lowest BCUT2D eigenvalue weighted by atomic mass is 9.67. The van der Waals surface area contributed by atoms with Crippen molar-refractivity contribution in [2.75, 3.05) is 29.6 Å². The molecular formula is C22H23N5O2S. The number of nitrogens with one attached hydrogen (secondary N) is 1. The summed E-state index contributed by atoms with van der Waals surface area (Å²) in [5.74, 6) is 0.583. The number of pyridine rings is 1. The van der Waals surface area contributed by atoms with E-state index in [1.807, 2.05) is 6.07 Å². The van der Waals surface area contributed by atoms with Gasteiger partial charge in [0.1, 0.15) is 6.04 Å². The molecule has 1 N–H and O–H groups in total. The largest absolute Gasteiger partial charge is 0.366 e. The van der Waals surface area contributed by atoms with E-state index >= 15 is 0 Å². The smallest absolute Gasteiger partial charge is 0.252 e. The van der Waals surface area contributed by atoms with Gasteiger partial charge in [0.2, 0.25) is 5.91 Å². The summed E-state index contributed by atoms with van der Waals surface area (Å²) in [5, 5.41) is 12.7. The molecule has 0 unspecified atom stereocenters. The summed E-state index contributed by atoms with van der Waals surface area (Å²) in [7, 11) is 0. The van der Waals surface area contributed by atoms with Crippen LogP contribution in [0, 0.1) is 11.3 Å². The first-order valence-corrected chi connectivity index (χ1v) is 11.5. The number of thioether (sulfide) groups is 1. The van der Waals surface area contributed by atoms with Crippen molar-refractivity contribution in [2.45, 2.75) is 37.3 Å². The van der Waals surface area contributed by atoms with E-state index in [0.29, 0.717) is 22.7 Å². The maximum Gasteiger partial charge on any atom is 0.252 e. The number of amides is 2. The minimum Gasteiger partial charge on any atom is -0.366 e. The van der Waals surface area contributed by atoms with Gasteiger partial charge in [-0.3, -0.25) is 14.6 Å². The van der Waals surface area contributed by atoms with Crippen LogP contribution in [0.1, 0.15) is 36.0 Å². The molecule has 3 fully saturated rings. The maximum atomic E-state index is 12.9. The Morgan fingerprint density at radius 1 is 1.30 bits per heavy atom. The highest BCUT2D eigenvalue weighted by Crippen LogP contribution is 2.49. The SMILES string of the molecule is N#C[C@@H]1CSCN1C(=O)CNC(=O)c1ccnc2ccc(N3CCC34CCC4)cc12. The highest BCUT2D eigenvalue weighted by atomic mass is 32.2. The molecule has 8 heteroatoms. The Morgan fingerprint density at radius 3 is 2.87 bits per heavy atom. The Morgan fingerprint density at radius 2 is 2.17 bits per heavy atom. The third-order valence-electron chi connectivity index (χ3n) is 6.69. The Hall–Kier alpha value is -2.79. The Bertz CT molecular complexity index is 1060. The molecule has 0 bridgehead atoms. The monoisotopic (exact) mass is 421 g/mol. The van der Waals surface area contributed by atoms with Gasteiger partial charge in [-0.2, -0.15) is 5.26 Å². The predicted octanol–water partition coefficient (Wildman–Crippen LogP) is 2.52. The fourth-order valence-electron chi connectivity index (χ4n) is 4.70. The standard InChI is InChI=1S/C22H23N5O2S/c23-11-16-13-30-14-26(16)20(28)12-25-21(29)17-4-8-24-19-3-2-15(10-18(17)19)27-9-7-22(27)5-1-6-22/h2-4,8,10,16H,1,5-7,9,12-14H2,(H,25,29)/t16-/m1/s1. The van der Waals surface area contributed by atoms with Gasteiger partial charge in [-0.05, 0) is 49.9 Å². The molecule has 2 aromatic rings. The molecule has 0 radical (unpaired) electrons. The summed E-state index contributed by atoms with van der Waals surface area (Å²) in [6.45, 7) is 0.937. The number of hydrogen-bond donors (Lipinski definition) is 1. The zero-order chi connectivity index (χ0) is 20.7. The summed E-state index contributed by atoms with van der Waals surface area (Å²) >= 11 is 1.55. The van der Waals surface area contributed by atoms with Crippen LogP contribution in [0.15, 0.2) is 30.5 Å². The molecule has 1 atom stereocenters. The lowest BCUT2D eigenvalue weighted by Crippen LogP contribution is -2.64. The topological polar surface area (TPSA) is 89.3 Å². The number of benzene rings is 1. The number of fused-ring (bicyclic) bond motifs is 1. The van der Waals surface area contributed by atoms with Crippen molar-refractivity contribution in [3.05, 3.63) is 36.0 Å². The quantitative estimate of drug-likeness (QED) is 0.816. The Labute approximate surface area is 179 Å². The second-order valence-corrected chi connectivity index (χ2v) is 9.23. The average molecular weight is 422 g/mol. The third-order valence-corrected chi connectivity index (χ3v) is 7.70. The molecule has 2 amide bonds. The van der Waals surface area contributed by atoms with Crippen LogP contribution in [0.4, 0.5) is 5.69 Å².